The minimum atomic E-state index is -1.03. The lowest BCUT2D eigenvalue weighted by atomic mass is 9.70. The SMILES string of the molecule is COC(C)(C)C(c1ccccc1)C(C)(O)c1ccccc1. The van der Waals surface area contributed by atoms with Gasteiger partial charge in [-0.2, -0.15) is 0 Å². The van der Waals surface area contributed by atoms with E-state index in [1.54, 1.807) is 7.11 Å². The molecule has 0 heterocycles. The molecule has 0 aliphatic heterocycles. The van der Waals surface area contributed by atoms with Gasteiger partial charge in [0.15, 0.2) is 0 Å². The van der Waals surface area contributed by atoms with Crippen LogP contribution >= 0.6 is 0 Å². The number of ether oxygens (including phenoxy) is 1. The Bertz CT molecular complexity index is 559. The third kappa shape index (κ3) is 3.17. The fourth-order valence-corrected chi connectivity index (χ4v) is 3.11. The first-order valence-electron chi connectivity index (χ1n) is 7.27. The molecule has 0 saturated heterocycles. The lowest BCUT2D eigenvalue weighted by Crippen LogP contribution is -2.44. The Morgan fingerprint density at radius 1 is 0.857 bits per heavy atom. The molecule has 2 rings (SSSR count). The molecular formula is C19H24O2. The molecule has 0 bridgehead atoms. The van der Waals surface area contributed by atoms with E-state index >= 15 is 0 Å². The number of hydrogen-bond donors (Lipinski definition) is 1. The van der Waals surface area contributed by atoms with Gasteiger partial charge < -0.3 is 9.84 Å². The van der Waals surface area contributed by atoms with Gasteiger partial charge in [-0.25, -0.2) is 0 Å². The van der Waals surface area contributed by atoms with Crippen LogP contribution in [0.3, 0.4) is 0 Å². The normalized spacial score (nSPS) is 16.2. The van der Waals surface area contributed by atoms with Crippen molar-refractivity contribution < 1.29 is 9.84 Å². The summed E-state index contributed by atoms with van der Waals surface area (Å²) in [4.78, 5) is 0. The number of hydrogen-bond acceptors (Lipinski definition) is 2. The number of benzene rings is 2. The molecule has 112 valence electrons. The molecule has 0 fully saturated rings. The van der Waals surface area contributed by atoms with Crippen molar-refractivity contribution in [1.82, 2.24) is 0 Å². The first kappa shape index (κ1) is 15.7. The quantitative estimate of drug-likeness (QED) is 0.895. The van der Waals surface area contributed by atoms with E-state index in [9.17, 15) is 5.11 Å². The summed E-state index contributed by atoms with van der Waals surface area (Å²) in [5, 5.41) is 11.3. The third-order valence-corrected chi connectivity index (χ3v) is 4.27. The van der Waals surface area contributed by atoms with Crippen LogP contribution in [-0.2, 0) is 10.3 Å². The highest BCUT2D eigenvalue weighted by Gasteiger charge is 2.44. The second kappa shape index (κ2) is 6.00. The smallest absolute Gasteiger partial charge is 0.0964 e. The first-order chi connectivity index (χ1) is 9.89. The summed E-state index contributed by atoms with van der Waals surface area (Å²) in [7, 11) is 1.69. The zero-order valence-electron chi connectivity index (χ0n) is 13.2. The standard InChI is InChI=1S/C19H24O2/c1-18(2,21-4)17(15-11-7-5-8-12-15)19(3,20)16-13-9-6-10-14-16/h5-14,17,20H,1-4H3. The Kier molecular flexibility index (Phi) is 4.50. The molecule has 0 saturated carbocycles. The molecule has 2 aromatic rings. The molecule has 0 radical (unpaired) electrons. The van der Waals surface area contributed by atoms with Crippen molar-refractivity contribution in [2.75, 3.05) is 7.11 Å². The van der Waals surface area contributed by atoms with Gasteiger partial charge in [-0.1, -0.05) is 60.7 Å². The predicted molar refractivity (Wildman–Crippen MR) is 86.3 cm³/mol. The van der Waals surface area contributed by atoms with Crippen LogP contribution in [-0.4, -0.2) is 17.8 Å². The number of aliphatic hydroxyl groups is 1. The molecule has 2 nitrogen and oxygen atoms in total. The van der Waals surface area contributed by atoms with Gasteiger partial charge in [0, 0.05) is 13.0 Å². The summed E-state index contributed by atoms with van der Waals surface area (Å²) in [6.07, 6.45) is 0. The van der Waals surface area contributed by atoms with E-state index in [-0.39, 0.29) is 5.92 Å². The first-order valence-corrected chi connectivity index (χ1v) is 7.27. The van der Waals surface area contributed by atoms with Gasteiger partial charge in [0.1, 0.15) is 0 Å². The zero-order valence-corrected chi connectivity index (χ0v) is 13.2. The second-order valence-corrected chi connectivity index (χ2v) is 6.16. The Hall–Kier alpha value is -1.64. The van der Waals surface area contributed by atoms with Gasteiger partial charge in [0.25, 0.3) is 0 Å². The number of methoxy groups -OCH3 is 1. The fraction of sp³-hybridized carbons (Fsp3) is 0.368. The Morgan fingerprint density at radius 3 is 1.81 bits per heavy atom. The average Bonchev–Trinajstić information content (AvgIpc) is 2.49. The maximum atomic E-state index is 11.3. The molecule has 2 unspecified atom stereocenters. The summed E-state index contributed by atoms with van der Waals surface area (Å²) in [6.45, 7) is 5.89. The molecule has 0 aliphatic carbocycles. The fourth-order valence-electron chi connectivity index (χ4n) is 3.11. The van der Waals surface area contributed by atoms with E-state index in [0.29, 0.717) is 0 Å². The van der Waals surface area contributed by atoms with Gasteiger partial charge in [-0.3, -0.25) is 0 Å². The zero-order chi connectivity index (χ0) is 15.5. The highest BCUT2D eigenvalue weighted by molar-refractivity contribution is 5.33. The van der Waals surface area contributed by atoms with E-state index in [1.165, 1.54) is 0 Å². The van der Waals surface area contributed by atoms with Crippen molar-refractivity contribution in [2.45, 2.75) is 37.9 Å². The maximum absolute atomic E-state index is 11.3. The van der Waals surface area contributed by atoms with E-state index in [1.807, 2.05) is 81.4 Å². The van der Waals surface area contributed by atoms with Crippen molar-refractivity contribution >= 4 is 0 Å². The highest BCUT2D eigenvalue weighted by Crippen LogP contribution is 2.44. The van der Waals surface area contributed by atoms with Crippen molar-refractivity contribution in [1.29, 1.82) is 0 Å². The van der Waals surface area contributed by atoms with Gasteiger partial charge in [0.05, 0.1) is 11.2 Å². The molecular weight excluding hydrogens is 260 g/mol. The minimum Gasteiger partial charge on any atom is -0.385 e. The highest BCUT2D eigenvalue weighted by atomic mass is 16.5. The van der Waals surface area contributed by atoms with Crippen LogP contribution in [0.1, 0.15) is 37.8 Å². The van der Waals surface area contributed by atoms with Crippen LogP contribution < -0.4 is 0 Å². The summed E-state index contributed by atoms with van der Waals surface area (Å²) < 4.78 is 5.70. The lowest BCUT2D eigenvalue weighted by molar-refractivity contribution is -0.0868. The molecule has 21 heavy (non-hydrogen) atoms. The largest absolute Gasteiger partial charge is 0.385 e. The molecule has 0 aromatic heterocycles. The van der Waals surface area contributed by atoms with Crippen molar-refractivity contribution in [2.24, 2.45) is 0 Å². The lowest BCUT2D eigenvalue weighted by Gasteiger charge is -2.43. The van der Waals surface area contributed by atoms with Crippen LogP contribution in [0.2, 0.25) is 0 Å². The Morgan fingerprint density at radius 2 is 1.33 bits per heavy atom. The van der Waals surface area contributed by atoms with Crippen LogP contribution in [0.4, 0.5) is 0 Å². The van der Waals surface area contributed by atoms with Crippen LogP contribution in [0.25, 0.3) is 0 Å². The third-order valence-electron chi connectivity index (χ3n) is 4.27. The van der Waals surface area contributed by atoms with Gasteiger partial charge >= 0.3 is 0 Å². The summed E-state index contributed by atoms with van der Waals surface area (Å²) in [6, 6.07) is 19.8. The molecule has 2 heteroatoms. The molecule has 1 N–H and O–H groups in total. The van der Waals surface area contributed by atoms with Crippen LogP contribution in [0.5, 0.6) is 0 Å². The van der Waals surface area contributed by atoms with Crippen LogP contribution in [0, 0.1) is 0 Å². The van der Waals surface area contributed by atoms with Gasteiger partial charge in [0.2, 0.25) is 0 Å². The Balaban J connectivity index is 2.55. The van der Waals surface area contributed by atoms with Crippen molar-refractivity contribution in [3.05, 3.63) is 71.8 Å². The van der Waals surface area contributed by atoms with Crippen LogP contribution in [0.15, 0.2) is 60.7 Å². The van der Waals surface area contributed by atoms with Gasteiger partial charge in [-0.05, 0) is 31.9 Å². The second-order valence-electron chi connectivity index (χ2n) is 6.16. The molecule has 2 atom stereocenters. The molecule has 0 amide bonds. The Labute approximate surface area is 127 Å². The molecule has 0 spiro atoms. The minimum absolute atomic E-state index is 0.182. The van der Waals surface area contributed by atoms with E-state index in [2.05, 4.69) is 0 Å². The van der Waals surface area contributed by atoms with Crippen molar-refractivity contribution in [3.8, 4) is 0 Å². The summed E-state index contributed by atoms with van der Waals surface area (Å²) in [5.74, 6) is -0.182. The summed E-state index contributed by atoms with van der Waals surface area (Å²) >= 11 is 0. The number of rotatable bonds is 5. The predicted octanol–water partition coefficient (Wildman–Crippen LogP) is 4.10. The monoisotopic (exact) mass is 284 g/mol. The van der Waals surface area contributed by atoms with E-state index in [0.717, 1.165) is 11.1 Å². The molecule has 2 aromatic carbocycles. The average molecular weight is 284 g/mol. The van der Waals surface area contributed by atoms with Crippen molar-refractivity contribution in [3.63, 3.8) is 0 Å². The van der Waals surface area contributed by atoms with Gasteiger partial charge in [-0.15, -0.1) is 0 Å². The summed E-state index contributed by atoms with van der Waals surface area (Å²) in [5.41, 5.74) is 0.435. The van der Waals surface area contributed by atoms with E-state index in [4.69, 9.17) is 4.74 Å². The van der Waals surface area contributed by atoms with E-state index < -0.39 is 11.2 Å². The topological polar surface area (TPSA) is 29.5 Å². The maximum Gasteiger partial charge on any atom is 0.0964 e. The molecule has 0 aliphatic rings.